The van der Waals surface area contributed by atoms with E-state index >= 15 is 0 Å². The van der Waals surface area contributed by atoms with Gasteiger partial charge in [0.15, 0.2) is 0 Å². The standard InChI is InChI=1S/C13H16N4/c1-10(11-2-3-11)16-12-4-5-13(15-8-12)17-7-6-14-9-17/h4-11,16H,2-3H2,1H3. The van der Waals surface area contributed by atoms with Gasteiger partial charge in [0.2, 0.25) is 0 Å². The molecule has 0 bridgehead atoms. The minimum Gasteiger partial charge on any atom is -0.381 e. The summed E-state index contributed by atoms with van der Waals surface area (Å²) in [5, 5.41) is 3.49. The Kier molecular flexibility index (Phi) is 2.55. The fourth-order valence-electron chi connectivity index (χ4n) is 2.00. The lowest BCUT2D eigenvalue weighted by Gasteiger charge is -2.14. The van der Waals surface area contributed by atoms with E-state index in [1.54, 1.807) is 12.5 Å². The Hall–Kier alpha value is -1.84. The van der Waals surface area contributed by atoms with Crippen LogP contribution in [0.4, 0.5) is 5.69 Å². The smallest absolute Gasteiger partial charge is 0.137 e. The molecule has 2 aromatic heterocycles. The third-order valence-electron chi connectivity index (χ3n) is 3.24. The first-order valence-electron chi connectivity index (χ1n) is 6.04. The second-order valence-electron chi connectivity index (χ2n) is 4.65. The number of anilines is 1. The third kappa shape index (κ3) is 2.30. The fraction of sp³-hybridized carbons (Fsp3) is 0.385. The molecule has 88 valence electrons. The van der Waals surface area contributed by atoms with Gasteiger partial charge in [0.25, 0.3) is 0 Å². The molecule has 0 aliphatic heterocycles. The normalized spacial score (nSPS) is 16.8. The highest BCUT2D eigenvalue weighted by Gasteiger charge is 2.27. The maximum Gasteiger partial charge on any atom is 0.137 e. The summed E-state index contributed by atoms with van der Waals surface area (Å²) < 4.78 is 1.90. The van der Waals surface area contributed by atoms with Crippen LogP contribution in [0.25, 0.3) is 5.82 Å². The predicted molar refractivity (Wildman–Crippen MR) is 67.2 cm³/mol. The van der Waals surface area contributed by atoms with Crippen LogP contribution in [0.3, 0.4) is 0 Å². The van der Waals surface area contributed by atoms with Crippen molar-refractivity contribution >= 4 is 5.69 Å². The number of rotatable bonds is 4. The molecule has 1 N–H and O–H groups in total. The molecular weight excluding hydrogens is 212 g/mol. The summed E-state index contributed by atoms with van der Waals surface area (Å²) in [6, 6.07) is 4.63. The Labute approximate surface area is 101 Å². The van der Waals surface area contributed by atoms with Crippen molar-refractivity contribution in [3.63, 3.8) is 0 Å². The summed E-state index contributed by atoms with van der Waals surface area (Å²) in [6.45, 7) is 2.24. The van der Waals surface area contributed by atoms with E-state index in [0.717, 1.165) is 17.4 Å². The highest BCUT2D eigenvalue weighted by atomic mass is 15.1. The SMILES string of the molecule is CC(Nc1ccc(-n2ccnc2)nc1)C1CC1. The number of hydrogen-bond acceptors (Lipinski definition) is 3. The highest BCUT2D eigenvalue weighted by molar-refractivity contribution is 5.44. The first kappa shape index (κ1) is 10.3. The number of aromatic nitrogens is 3. The van der Waals surface area contributed by atoms with Gasteiger partial charge in [-0.2, -0.15) is 0 Å². The molecule has 1 unspecified atom stereocenters. The average Bonchev–Trinajstić information content (AvgIpc) is 3.07. The quantitative estimate of drug-likeness (QED) is 0.874. The number of hydrogen-bond donors (Lipinski definition) is 1. The van der Waals surface area contributed by atoms with Crippen LogP contribution in [0.2, 0.25) is 0 Å². The van der Waals surface area contributed by atoms with Gasteiger partial charge in [0.1, 0.15) is 12.1 Å². The summed E-state index contributed by atoms with van der Waals surface area (Å²) >= 11 is 0. The maximum atomic E-state index is 4.41. The van der Waals surface area contributed by atoms with E-state index < -0.39 is 0 Å². The van der Waals surface area contributed by atoms with Crippen LogP contribution in [-0.4, -0.2) is 20.6 Å². The van der Waals surface area contributed by atoms with Gasteiger partial charge in [-0.15, -0.1) is 0 Å². The highest BCUT2D eigenvalue weighted by Crippen LogP contribution is 2.33. The Bertz CT molecular complexity index is 471. The third-order valence-corrected chi connectivity index (χ3v) is 3.24. The van der Waals surface area contributed by atoms with Gasteiger partial charge in [-0.1, -0.05) is 0 Å². The van der Waals surface area contributed by atoms with Gasteiger partial charge in [-0.05, 0) is 37.8 Å². The first-order chi connectivity index (χ1) is 8.33. The van der Waals surface area contributed by atoms with E-state index in [2.05, 4.69) is 28.3 Å². The lowest BCUT2D eigenvalue weighted by atomic mass is 10.2. The summed E-state index contributed by atoms with van der Waals surface area (Å²) in [6.07, 6.45) is 9.99. The Morgan fingerprint density at radius 3 is 2.88 bits per heavy atom. The van der Waals surface area contributed by atoms with E-state index in [1.165, 1.54) is 12.8 Å². The van der Waals surface area contributed by atoms with Gasteiger partial charge in [-0.25, -0.2) is 9.97 Å². The minimum absolute atomic E-state index is 0.552. The molecule has 0 aromatic carbocycles. The number of imidazole rings is 1. The lowest BCUT2D eigenvalue weighted by Crippen LogP contribution is -2.17. The summed E-state index contributed by atoms with van der Waals surface area (Å²) in [7, 11) is 0. The maximum absolute atomic E-state index is 4.41. The summed E-state index contributed by atoms with van der Waals surface area (Å²) in [5.41, 5.74) is 1.09. The van der Waals surface area contributed by atoms with Crippen molar-refractivity contribution in [2.45, 2.75) is 25.8 Å². The van der Waals surface area contributed by atoms with Gasteiger partial charge >= 0.3 is 0 Å². The van der Waals surface area contributed by atoms with Crippen molar-refractivity contribution in [1.82, 2.24) is 14.5 Å². The molecule has 1 fully saturated rings. The van der Waals surface area contributed by atoms with Crippen LogP contribution in [0.15, 0.2) is 37.1 Å². The minimum atomic E-state index is 0.552. The molecule has 0 saturated heterocycles. The van der Waals surface area contributed by atoms with Crippen LogP contribution in [0, 0.1) is 5.92 Å². The first-order valence-corrected chi connectivity index (χ1v) is 6.04. The number of pyridine rings is 1. The Morgan fingerprint density at radius 1 is 1.41 bits per heavy atom. The molecule has 0 radical (unpaired) electrons. The molecule has 4 nitrogen and oxygen atoms in total. The lowest BCUT2D eigenvalue weighted by molar-refractivity contribution is 0.693. The van der Waals surface area contributed by atoms with Crippen LogP contribution in [-0.2, 0) is 0 Å². The average molecular weight is 228 g/mol. The van der Waals surface area contributed by atoms with E-state index in [0.29, 0.717) is 6.04 Å². The van der Waals surface area contributed by atoms with Gasteiger partial charge in [0, 0.05) is 18.4 Å². The summed E-state index contributed by atoms with van der Waals surface area (Å²) in [5.74, 6) is 1.75. The number of nitrogens with one attached hydrogen (secondary N) is 1. The molecule has 4 heteroatoms. The zero-order valence-corrected chi connectivity index (χ0v) is 9.87. The van der Waals surface area contributed by atoms with Crippen molar-refractivity contribution in [3.8, 4) is 5.82 Å². The van der Waals surface area contributed by atoms with E-state index in [-0.39, 0.29) is 0 Å². The molecule has 3 rings (SSSR count). The molecule has 0 amide bonds. The van der Waals surface area contributed by atoms with Crippen molar-refractivity contribution in [3.05, 3.63) is 37.1 Å². The van der Waals surface area contributed by atoms with E-state index in [1.807, 2.05) is 23.0 Å². The fourth-order valence-corrected chi connectivity index (χ4v) is 2.00. The molecule has 1 atom stereocenters. The monoisotopic (exact) mass is 228 g/mol. The zero-order valence-electron chi connectivity index (χ0n) is 9.87. The zero-order chi connectivity index (χ0) is 11.7. The van der Waals surface area contributed by atoms with Gasteiger partial charge in [-0.3, -0.25) is 4.57 Å². The van der Waals surface area contributed by atoms with Crippen LogP contribution < -0.4 is 5.32 Å². The van der Waals surface area contributed by atoms with E-state index in [9.17, 15) is 0 Å². The van der Waals surface area contributed by atoms with Crippen molar-refractivity contribution in [1.29, 1.82) is 0 Å². The van der Waals surface area contributed by atoms with Crippen molar-refractivity contribution < 1.29 is 0 Å². The van der Waals surface area contributed by atoms with Gasteiger partial charge in [0.05, 0.1) is 11.9 Å². The molecular formula is C13H16N4. The Morgan fingerprint density at radius 2 is 2.29 bits per heavy atom. The molecule has 2 aromatic rings. The van der Waals surface area contributed by atoms with Crippen molar-refractivity contribution in [2.24, 2.45) is 5.92 Å². The Balaban J connectivity index is 1.71. The molecule has 0 spiro atoms. The number of nitrogens with zero attached hydrogens (tertiary/aromatic N) is 3. The molecule has 1 saturated carbocycles. The summed E-state index contributed by atoms with van der Waals surface area (Å²) in [4.78, 5) is 8.42. The molecule has 2 heterocycles. The van der Waals surface area contributed by atoms with E-state index in [4.69, 9.17) is 0 Å². The molecule has 1 aliphatic rings. The van der Waals surface area contributed by atoms with Crippen LogP contribution in [0.1, 0.15) is 19.8 Å². The van der Waals surface area contributed by atoms with Crippen LogP contribution in [0.5, 0.6) is 0 Å². The molecule has 17 heavy (non-hydrogen) atoms. The van der Waals surface area contributed by atoms with Gasteiger partial charge < -0.3 is 5.32 Å². The topological polar surface area (TPSA) is 42.7 Å². The van der Waals surface area contributed by atoms with Crippen LogP contribution >= 0.6 is 0 Å². The largest absolute Gasteiger partial charge is 0.381 e. The second-order valence-corrected chi connectivity index (χ2v) is 4.65. The second kappa shape index (κ2) is 4.20. The van der Waals surface area contributed by atoms with Crippen molar-refractivity contribution in [2.75, 3.05) is 5.32 Å². The molecule has 1 aliphatic carbocycles. The predicted octanol–water partition coefficient (Wildman–Crippen LogP) is 2.48.